The summed E-state index contributed by atoms with van der Waals surface area (Å²) in [5.41, 5.74) is 2.14. The van der Waals surface area contributed by atoms with E-state index in [4.69, 9.17) is 4.74 Å². The molecule has 0 radical (unpaired) electrons. The van der Waals surface area contributed by atoms with Crippen LogP contribution in [0.4, 0.5) is 5.69 Å². The summed E-state index contributed by atoms with van der Waals surface area (Å²) in [6, 6.07) is 16.6. The predicted molar refractivity (Wildman–Crippen MR) is 102 cm³/mol. The van der Waals surface area contributed by atoms with Crippen molar-refractivity contribution in [3.05, 3.63) is 65.9 Å². The number of benzene rings is 2. The molecule has 0 spiro atoms. The van der Waals surface area contributed by atoms with Crippen molar-refractivity contribution in [3.63, 3.8) is 0 Å². The van der Waals surface area contributed by atoms with Gasteiger partial charge in [0.2, 0.25) is 0 Å². The fourth-order valence-corrected chi connectivity index (χ4v) is 2.89. The van der Waals surface area contributed by atoms with Gasteiger partial charge in [-0.25, -0.2) is 0 Å². The molecule has 1 aliphatic heterocycles. The maximum Gasteiger partial charge on any atom is 0.278 e. The lowest BCUT2D eigenvalue weighted by Crippen LogP contribution is -2.32. The average molecular weight is 350 g/mol. The van der Waals surface area contributed by atoms with E-state index in [-0.39, 0.29) is 17.9 Å². The van der Waals surface area contributed by atoms with Gasteiger partial charge in [0.15, 0.2) is 0 Å². The average Bonchev–Trinajstić information content (AvgIpc) is 2.86. The van der Waals surface area contributed by atoms with Crippen molar-refractivity contribution in [2.24, 2.45) is 0 Å². The Morgan fingerprint density at radius 3 is 2.19 bits per heavy atom. The first-order valence-corrected chi connectivity index (χ1v) is 8.71. The number of amides is 2. The van der Waals surface area contributed by atoms with Gasteiger partial charge in [0, 0.05) is 12.2 Å². The largest absolute Gasteiger partial charge is 0.491 e. The molecular formula is C21H22N2O3. The van der Waals surface area contributed by atoms with Crippen molar-refractivity contribution in [3.8, 4) is 5.75 Å². The molecule has 2 aromatic rings. The van der Waals surface area contributed by atoms with Crippen molar-refractivity contribution >= 4 is 23.1 Å². The van der Waals surface area contributed by atoms with Crippen molar-refractivity contribution in [1.82, 2.24) is 4.90 Å². The zero-order valence-corrected chi connectivity index (χ0v) is 15.2. The molecule has 5 nitrogen and oxygen atoms in total. The summed E-state index contributed by atoms with van der Waals surface area (Å²) in [5, 5.41) is 3.12. The van der Waals surface area contributed by atoms with Crippen LogP contribution in [-0.2, 0) is 9.59 Å². The summed E-state index contributed by atoms with van der Waals surface area (Å²) in [4.78, 5) is 26.7. The Kier molecular flexibility index (Phi) is 5.07. The van der Waals surface area contributed by atoms with Gasteiger partial charge in [-0.1, -0.05) is 30.3 Å². The van der Waals surface area contributed by atoms with Gasteiger partial charge in [0.05, 0.1) is 11.7 Å². The fourth-order valence-electron chi connectivity index (χ4n) is 2.89. The molecule has 0 fully saturated rings. The van der Waals surface area contributed by atoms with E-state index in [0.717, 1.165) is 11.4 Å². The molecule has 26 heavy (non-hydrogen) atoms. The highest BCUT2D eigenvalue weighted by Crippen LogP contribution is 2.31. The molecule has 1 N–H and O–H groups in total. The topological polar surface area (TPSA) is 58.6 Å². The van der Waals surface area contributed by atoms with E-state index >= 15 is 0 Å². The Hall–Kier alpha value is -3.08. The maximum atomic E-state index is 12.8. The van der Waals surface area contributed by atoms with Gasteiger partial charge in [-0.2, -0.15) is 0 Å². The van der Waals surface area contributed by atoms with Crippen LogP contribution in [0.3, 0.4) is 0 Å². The van der Waals surface area contributed by atoms with Crippen LogP contribution in [-0.4, -0.2) is 29.4 Å². The highest BCUT2D eigenvalue weighted by atomic mass is 16.5. The standard InChI is InChI=1S/C21H22N2O3/c1-4-23-20(24)18(15-10-12-17(13-11-15)26-14(2)3)19(21(23)25)22-16-8-6-5-7-9-16/h5-14,22H,4H2,1-3H3. The molecule has 0 bridgehead atoms. The van der Waals surface area contributed by atoms with Crippen LogP contribution >= 0.6 is 0 Å². The van der Waals surface area contributed by atoms with E-state index in [1.807, 2.05) is 68.4 Å². The highest BCUT2D eigenvalue weighted by molar-refractivity contribution is 6.36. The smallest absolute Gasteiger partial charge is 0.278 e. The van der Waals surface area contributed by atoms with E-state index in [9.17, 15) is 9.59 Å². The zero-order valence-electron chi connectivity index (χ0n) is 15.2. The summed E-state index contributed by atoms with van der Waals surface area (Å²) in [6.45, 7) is 6.03. The molecule has 134 valence electrons. The molecule has 2 amide bonds. The molecule has 0 aromatic heterocycles. The van der Waals surface area contributed by atoms with Gasteiger partial charge >= 0.3 is 0 Å². The molecule has 0 saturated carbocycles. The second-order valence-electron chi connectivity index (χ2n) is 6.29. The lowest BCUT2D eigenvalue weighted by Gasteiger charge is -2.12. The van der Waals surface area contributed by atoms with E-state index < -0.39 is 0 Å². The van der Waals surface area contributed by atoms with Gasteiger partial charge in [-0.05, 0) is 50.6 Å². The van der Waals surface area contributed by atoms with E-state index in [2.05, 4.69) is 5.32 Å². The summed E-state index contributed by atoms with van der Waals surface area (Å²) in [7, 11) is 0. The SMILES string of the molecule is CCN1C(=O)C(Nc2ccccc2)=C(c2ccc(OC(C)C)cc2)C1=O. The number of likely N-dealkylation sites (N-methyl/N-ethyl adjacent to an activating group) is 1. The Morgan fingerprint density at radius 1 is 0.962 bits per heavy atom. The highest BCUT2D eigenvalue weighted by Gasteiger charge is 2.38. The van der Waals surface area contributed by atoms with E-state index in [1.54, 1.807) is 6.92 Å². The third kappa shape index (κ3) is 3.47. The zero-order chi connectivity index (χ0) is 18.7. The Balaban J connectivity index is 2.00. The molecule has 0 saturated heterocycles. The number of rotatable bonds is 6. The molecule has 2 aromatic carbocycles. The molecule has 0 unspecified atom stereocenters. The lowest BCUT2D eigenvalue weighted by molar-refractivity contribution is -0.136. The van der Waals surface area contributed by atoms with E-state index in [0.29, 0.717) is 23.4 Å². The summed E-state index contributed by atoms with van der Waals surface area (Å²) in [5.74, 6) is 0.137. The number of ether oxygens (including phenoxy) is 1. The third-order valence-corrected chi connectivity index (χ3v) is 4.04. The first kappa shape index (κ1) is 17.7. The molecular weight excluding hydrogens is 328 g/mol. The predicted octanol–water partition coefficient (Wildman–Crippen LogP) is 3.69. The monoisotopic (exact) mass is 350 g/mol. The first-order chi connectivity index (χ1) is 12.5. The van der Waals surface area contributed by atoms with Crippen LogP contribution in [0.25, 0.3) is 5.57 Å². The number of nitrogens with one attached hydrogen (secondary N) is 1. The van der Waals surface area contributed by atoms with Crippen molar-refractivity contribution < 1.29 is 14.3 Å². The molecule has 5 heteroatoms. The molecule has 1 aliphatic rings. The maximum absolute atomic E-state index is 12.8. The number of imide groups is 1. The normalized spacial score (nSPS) is 14.4. The fraction of sp³-hybridized carbons (Fsp3) is 0.238. The van der Waals surface area contributed by atoms with Crippen LogP contribution in [0.1, 0.15) is 26.3 Å². The third-order valence-electron chi connectivity index (χ3n) is 4.04. The summed E-state index contributed by atoms with van der Waals surface area (Å²) >= 11 is 0. The first-order valence-electron chi connectivity index (χ1n) is 8.71. The minimum absolute atomic E-state index is 0.0700. The van der Waals surface area contributed by atoms with Gasteiger partial charge in [0.1, 0.15) is 11.4 Å². The molecule has 3 rings (SSSR count). The number of hydrogen-bond donors (Lipinski definition) is 1. The Bertz CT molecular complexity index is 839. The van der Waals surface area contributed by atoms with Gasteiger partial charge in [-0.3, -0.25) is 14.5 Å². The second-order valence-corrected chi connectivity index (χ2v) is 6.29. The van der Waals surface area contributed by atoms with Crippen LogP contribution in [0.5, 0.6) is 5.75 Å². The number of carbonyl (C=O) groups is 2. The Morgan fingerprint density at radius 2 is 1.62 bits per heavy atom. The Labute approximate surface area is 153 Å². The van der Waals surface area contributed by atoms with Crippen molar-refractivity contribution in [1.29, 1.82) is 0 Å². The number of carbonyl (C=O) groups excluding carboxylic acids is 2. The van der Waals surface area contributed by atoms with Crippen LogP contribution < -0.4 is 10.1 Å². The van der Waals surface area contributed by atoms with Crippen LogP contribution in [0, 0.1) is 0 Å². The van der Waals surface area contributed by atoms with Crippen molar-refractivity contribution in [2.45, 2.75) is 26.9 Å². The van der Waals surface area contributed by atoms with E-state index in [1.165, 1.54) is 4.90 Å². The lowest BCUT2D eigenvalue weighted by atomic mass is 10.0. The number of nitrogens with zero attached hydrogens (tertiary/aromatic N) is 1. The van der Waals surface area contributed by atoms with Gasteiger partial charge < -0.3 is 10.1 Å². The summed E-state index contributed by atoms with van der Waals surface area (Å²) < 4.78 is 5.65. The number of para-hydroxylation sites is 1. The number of hydrogen-bond acceptors (Lipinski definition) is 4. The minimum Gasteiger partial charge on any atom is -0.491 e. The number of anilines is 1. The minimum atomic E-state index is -0.307. The van der Waals surface area contributed by atoms with Crippen LogP contribution in [0.15, 0.2) is 60.3 Å². The van der Waals surface area contributed by atoms with Gasteiger partial charge in [-0.15, -0.1) is 0 Å². The van der Waals surface area contributed by atoms with Crippen LogP contribution in [0.2, 0.25) is 0 Å². The van der Waals surface area contributed by atoms with Crippen molar-refractivity contribution in [2.75, 3.05) is 11.9 Å². The molecule has 0 aliphatic carbocycles. The quantitative estimate of drug-likeness (QED) is 0.808. The summed E-state index contributed by atoms with van der Waals surface area (Å²) in [6.07, 6.45) is 0.0700. The second kappa shape index (κ2) is 7.44. The van der Waals surface area contributed by atoms with Gasteiger partial charge in [0.25, 0.3) is 11.8 Å². The molecule has 1 heterocycles. The molecule has 0 atom stereocenters.